The van der Waals surface area contributed by atoms with Gasteiger partial charge in [0.2, 0.25) is 0 Å². The Hall–Kier alpha value is -1.17. The molecule has 1 aliphatic rings. The molecule has 118 valence electrons. The summed E-state index contributed by atoms with van der Waals surface area (Å²) in [6.45, 7) is 10.8. The van der Waals surface area contributed by atoms with E-state index in [0.717, 1.165) is 42.0 Å². The molecule has 5 heteroatoms. The molecule has 0 saturated carbocycles. The average Bonchev–Trinajstić information content (AvgIpc) is 2.76. The number of piperazine rings is 1. The number of hydrogen-bond acceptors (Lipinski definition) is 3. The Labute approximate surface area is 140 Å². The number of benzene rings is 1. The van der Waals surface area contributed by atoms with E-state index in [4.69, 9.17) is 5.10 Å². The minimum absolute atomic E-state index is 0.566. The van der Waals surface area contributed by atoms with Crippen LogP contribution in [0.25, 0.3) is 5.69 Å². The molecule has 1 N–H and O–H groups in total. The van der Waals surface area contributed by atoms with Crippen LogP contribution < -0.4 is 5.32 Å². The second-order valence-electron chi connectivity index (χ2n) is 6.13. The van der Waals surface area contributed by atoms with E-state index in [2.05, 4.69) is 75.9 Å². The molecule has 3 rings (SSSR count). The summed E-state index contributed by atoms with van der Waals surface area (Å²) in [4.78, 5) is 2.52. The first-order valence-electron chi connectivity index (χ1n) is 7.81. The van der Waals surface area contributed by atoms with Gasteiger partial charge in [0.05, 0.1) is 11.4 Å². The smallest absolute Gasteiger partial charge is 0.0649 e. The van der Waals surface area contributed by atoms with E-state index in [1.165, 1.54) is 11.3 Å². The zero-order valence-electron chi connectivity index (χ0n) is 13.4. The Morgan fingerprint density at radius 2 is 2.00 bits per heavy atom. The van der Waals surface area contributed by atoms with Crippen molar-refractivity contribution in [2.24, 2.45) is 0 Å². The molecule has 4 nitrogen and oxygen atoms in total. The third kappa shape index (κ3) is 3.26. The third-order valence-electron chi connectivity index (χ3n) is 4.35. The van der Waals surface area contributed by atoms with Crippen molar-refractivity contribution >= 4 is 15.9 Å². The standard InChI is InChI=1S/C17H23BrN4/c1-12-10-21(9-8-19-12)11-17-13(2)20-22(14(17)3)16-6-4-15(18)5-7-16/h4-7,12,19H,8-11H2,1-3H3. The summed E-state index contributed by atoms with van der Waals surface area (Å²) in [6.07, 6.45) is 0. The van der Waals surface area contributed by atoms with Gasteiger partial charge < -0.3 is 5.32 Å². The maximum absolute atomic E-state index is 4.75. The quantitative estimate of drug-likeness (QED) is 0.910. The first-order chi connectivity index (χ1) is 10.5. The Morgan fingerprint density at radius 1 is 1.27 bits per heavy atom. The zero-order chi connectivity index (χ0) is 15.7. The van der Waals surface area contributed by atoms with Gasteiger partial charge in [0.15, 0.2) is 0 Å². The minimum Gasteiger partial charge on any atom is -0.312 e. The van der Waals surface area contributed by atoms with E-state index < -0.39 is 0 Å². The average molecular weight is 363 g/mol. The molecule has 1 unspecified atom stereocenters. The van der Waals surface area contributed by atoms with Gasteiger partial charge in [-0.1, -0.05) is 15.9 Å². The molecular weight excluding hydrogens is 340 g/mol. The molecule has 0 spiro atoms. The van der Waals surface area contributed by atoms with Gasteiger partial charge in [-0.05, 0) is 45.0 Å². The molecule has 0 bridgehead atoms. The van der Waals surface area contributed by atoms with Crippen LogP contribution in [0.5, 0.6) is 0 Å². The van der Waals surface area contributed by atoms with Gasteiger partial charge in [0.25, 0.3) is 0 Å². The summed E-state index contributed by atoms with van der Waals surface area (Å²) >= 11 is 3.49. The lowest BCUT2D eigenvalue weighted by molar-refractivity contribution is 0.199. The van der Waals surface area contributed by atoms with E-state index in [1.54, 1.807) is 0 Å². The molecule has 1 aromatic heterocycles. The van der Waals surface area contributed by atoms with Gasteiger partial charge in [-0.3, -0.25) is 4.90 Å². The fraction of sp³-hybridized carbons (Fsp3) is 0.471. The summed E-state index contributed by atoms with van der Waals surface area (Å²) in [7, 11) is 0. The molecule has 0 radical (unpaired) electrons. The molecule has 1 fully saturated rings. The fourth-order valence-electron chi connectivity index (χ4n) is 3.12. The van der Waals surface area contributed by atoms with Crippen molar-refractivity contribution in [3.8, 4) is 5.69 Å². The lowest BCUT2D eigenvalue weighted by Gasteiger charge is -2.31. The maximum atomic E-state index is 4.75. The Morgan fingerprint density at radius 3 is 2.68 bits per heavy atom. The Kier molecular flexibility index (Phi) is 4.66. The highest BCUT2D eigenvalue weighted by Gasteiger charge is 2.20. The van der Waals surface area contributed by atoms with Crippen molar-refractivity contribution < 1.29 is 0 Å². The molecular formula is C17H23BrN4. The fourth-order valence-corrected chi connectivity index (χ4v) is 3.38. The third-order valence-corrected chi connectivity index (χ3v) is 4.88. The number of aromatic nitrogens is 2. The second-order valence-corrected chi connectivity index (χ2v) is 7.04. The molecule has 22 heavy (non-hydrogen) atoms. The normalized spacial score (nSPS) is 19.5. The van der Waals surface area contributed by atoms with Crippen molar-refractivity contribution in [3.63, 3.8) is 0 Å². The van der Waals surface area contributed by atoms with Crippen LogP contribution in [0.3, 0.4) is 0 Å². The van der Waals surface area contributed by atoms with Crippen LogP contribution in [0.2, 0.25) is 0 Å². The highest BCUT2D eigenvalue weighted by atomic mass is 79.9. The Balaban J connectivity index is 1.85. The van der Waals surface area contributed by atoms with Crippen molar-refractivity contribution in [3.05, 3.63) is 45.7 Å². The van der Waals surface area contributed by atoms with Crippen molar-refractivity contribution in [2.45, 2.75) is 33.4 Å². The van der Waals surface area contributed by atoms with Crippen LogP contribution in [0.1, 0.15) is 23.9 Å². The summed E-state index contributed by atoms with van der Waals surface area (Å²) in [5.41, 5.74) is 4.85. The van der Waals surface area contributed by atoms with Crippen LogP contribution in [0.4, 0.5) is 0 Å². The van der Waals surface area contributed by atoms with Gasteiger partial charge in [0, 0.05) is 48.0 Å². The van der Waals surface area contributed by atoms with Crippen LogP contribution >= 0.6 is 15.9 Å². The highest BCUT2D eigenvalue weighted by molar-refractivity contribution is 9.10. The highest BCUT2D eigenvalue weighted by Crippen LogP contribution is 2.21. The van der Waals surface area contributed by atoms with E-state index in [9.17, 15) is 0 Å². The van der Waals surface area contributed by atoms with E-state index in [-0.39, 0.29) is 0 Å². The summed E-state index contributed by atoms with van der Waals surface area (Å²) in [5.74, 6) is 0. The Bertz CT molecular complexity index is 647. The minimum atomic E-state index is 0.566. The second kappa shape index (κ2) is 6.52. The number of halogens is 1. The molecule has 1 aliphatic heterocycles. The number of hydrogen-bond donors (Lipinski definition) is 1. The summed E-state index contributed by atoms with van der Waals surface area (Å²) in [5, 5.41) is 8.25. The number of nitrogens with one attached hydrogen (secondary N) is 1. The monoisotopic (exact) mass is 362 g/mol. The number of rotatable bonds is 3. The van der Waals surface area contributed by atoms with Crippen molar-refractivity contribution in [2.75, 3.05) is 19.6 Å². The molecule has 0 amide bonds. The first kappa shape index (κ1) is 15.7. The van der Waals surface area contributed by atoms with Crippen molar-refractivity contribution in [1.82, 2.24) is 20.0 Å². The molecule has 0 aliphatic carbocycles. The zero-order valence-corrected chi connectivity index (χ0v) is 15.0. The van der Waals surface area contributed by atoms with E-state index in [0.29, 0.717) is 6.04 Å². The molecule has 2 heterocycles. The lowest BCUT2D eigenvalue weighted by atomic mass is 10.1. The molecule has 1 saturated heterocycles. The molecule has 1 aromatic carbocycles. The maximum Gasteiger partial charge on any atom is 0.0649 e. The van der Waals surface area contributed by atoms with Crippen molar-refractivity contribution in [1.29, 1.82) is 0 Å². The summed E-state index contributed by atoms with van der Waals surface area (Å²) in [6, 6.07) is 8.88. The van der Waals surface area contributed by atoms with E-state index >= 15 is 0 Å². The lowest BCUT2D eigenvalue weighted by Crippen LogP contribution is -2.48. The first-order valence-corrected chi connectivity index (χ1v) is 8.60. The van der Waals surface area contributed by atoms with E-state index in [1.807, 2.05) is 0 Å². The predicted molar refractivity (Wildman–Crippen MR) is 93.5 cm³/mol. The topological polar surface area (TPSA) is 33.1 Å². The van der Waals surface area contributed by atoms with Gasteiger partial charge in [-0.15, -0.1) is 0 Å². The van der Waals surface area contributed by atoms with Crippen LogP contribution in [-0.4, -0.2) is 40.4 Å². The van der Waals surface area contributed by atoms with Gasteiger partial charge in [-0.2, -0.15) is 5.10 Å². The van der Waals surface area contributed by atoms with Crippen LogP contribution in [0.15, 0.2) is 28.7 Å². The number of nitrogens with zero attached hydrogens (tertiary/aromatic N) is 3. The SMILES string of the molecule is Cc1nn(-c2ccc(Br)cc2)c(C)c1CN1CCNC(C)C1. The van der Waals surface area contributed by atoms with Gasteiger partial charge >= 0.3 is 0 Å². The van der Waals surface area contributed by atoms with Gasteiger partial charge in [0.1, 0.15) is 0 Å². The molecule has 1 atom stereocenters. The van der Waals surface area contributed by atoms with Gasteiger partial charge in [-0.25, -0.2) is 4.68 Å². The largest absolute Gasteiger partial charge is 0.312 e. The van der Waals surface area contributed by atoms with Crippen LogP contribution in [-0.2, 0) is 6.54 Å². The number of aryl methyl sites for hydroxylation is 1. The van der Waals surface area contributed by atoms with Crippen LogP contribution in [0, 0.1) is 13.8 Å². The predicted octanol–water partition coefficient (Wildman–Crippen LogP) is 3.05. The summed E-state index contributed by atoms with van der Waals surface area (Å²) < 4.78 is 3.15. The molecule has 2 aromatic rings.